The van der Waals surface area contributed by atoms with Gasteiger partial charge in [-0.3, -0.25) is 4.79 Å². The van der Waals surface area contributed by atoms with Gasteiger partial charge >= 0.3 is 6.09 Å². The van der Waals surface area contributed by atoms with E-state index in [1.54, 1.807) is 23.1 Å². The lowest BCUT2D eigenvalue weighted by Crippen LogP contribution is -2.44. The summed E-state index contributed by atoms with van der Waals surface area (Å²) in [6.07, 6.45) is 3.74. The second kappa shape index (κ2) is 10.5. The molecule has 0 bridgehead atoms. The molecule has 11 nitrogen and oxygen atoms in total. The van der Waals surface area contributed by atoms with Crippen LogP contribution in [0.2, 0.25) is 5.02 Å². The predicted octanol–water partition coefficient (Wildman–Crippen LogP) is 3.07. The van der Waals surface area contributed by atoms with E-state index in [0.29, 0.717) is 48.0 Å². The highest BCUT2D eigenvalue weighted by Crippen LogP contribution is 2.35. The number of nitrogens with two attached hydrogens (primary N) is 1. The molecule has 192 valence electrons. The van der Waals surface area contributed by atoms with Crippen LogP contribution < -0.4 is 20.5 Å². The molecule has 3 N–H and O–H groups in total. The number of nitrogen functional groups attached to an aromatic ring is 1. The maximum absolute atomic E-state index is 13.2. The Morgan fingerprint density at radius 3 is 2.76 bits per heavy atom. The van der Waals surface area contributed by atoms with Crippen LogP contribution in [0, 0.1) is 0 Å². The molecule has 0 spiro atoms. The number of amides is 2. The first kappa shape index (κ1) is 24.6. The van der Waals surface area contributed by atoms with Crippen molar-refractivity contribution in [3.05, 3.63) is 58.9 Å². The van der Waals surface area contributed by atoms with E-state index < -0.39 is 0 Å². The van der Waals surface area contributed by atoms with Crippen molar-refractivity contribution in [2.75, 3.05) is 26.0 Å². The molecule has 2 aliphatic heterocycles. The fourth-order valence-corrected chi connectivity index (χ4v) is 4.51. The number of halogens is 1. The first-order valence-corrected chi connectivity index (χ1v) is 12.1. The molecule has 4 heterocycles. The van der Waals surface area contributed by atoms with Gasteiger partial charge in [-0.05, 0) is 17.7 Å². The molecule has 12 heteroatoms. The van der Waals surface area contributed by atoms with Crippen molar-refractivity contribution in [1.82, 2.24) is 25.2 Å². The summed E-state index contributed by atoms with van der Waals surface area (Å²) in [7, 11) is 1.44. The SMILES string of the molecule is COc1nc(-c2cnc(N)nc2)c(O[C@H]2CCN3C(=O)OC[C@@H]3C2)cc1C(=O)NCc1ccc(Cl)cc1. The number of hydrogen-bond donors (Lipinski definition) is 2. The van der Waals surface area contributed by atoms with Gasteiger partial charge in [0.05, 0.1) is 13.2 Å². The Kier molecular flexibility index (Phi) is 6.95. The zero-order valence-corrected chi connectivity index (χ0v) is 20.8. The van der Waals surface area contributed by atoms with E-state index in [-0.39, 0.29) is 48.1 Å². The minimum Gasteiger partial charge on any atom is -0.488 e. The van der Waals surface area contributed by atoms with Crippen LogP contribution in [0.3, 0.4) is 0 Å². The Balaban J connectivity index is 1.44. The number of piperidine rings is 1. The molecule has 2 aromatic heterocycles. The minimum absolute atomic E-state index is 0.0529. The Morgan fingerprint density at radius 1 is 1.27 bits per heavy atom. The van der Waals surface area contributed by atoms with Crippen molar-refractivity contribution in [3.63, 3.8) is 0 Å². The topological polar surface area (TPSA) is 142 Å². The average molecular weight is 525 g/mol. The molecular weight excluding hydrogens is 500 g/mol. The standard InChI is InChI=1S/C25H25ClN6O5/c1-35-23-19(22(33)28-10-14-2-4-16(26)5-3-14)9-20(21(31-23)15-11-29-24(27)30-12-15)37-18-6-7-32-17(8-18)13-36-25(32)34/h2-5,9,11-12,17-18H,6-8,10,13H2,1H3,(H,28,33)(H2,27,29,30)/t17-,18-/m0/s1. The summed E-state index contributed by atoms with van der Waals surface area (Å²) in [6.45, 7) is 1.14. The monoisotopic (exact) mass is 524 g/mol. The molecule has 0 saturated carbocycles. The number of aromatic nitrogens is 3. The summed E-state index contributed by atoms with van der Waals surface area (Å²) in [6, 6.07) is 8.74. The van der Waals surface area contributed by atoms with Crippen molar-refractivity contribution in [3.8, 4) is 22.9 Å². The predicted molar refractivity (Wildman–Crippen MR) is 134 cm³/mol. The molecule has 2 amide bonds. The van der Waals surface area contributed by atoms with E-state index in [1.807, 2.05) is 12.1 Å². The number of nitrogens with zero attached hydrogens (tertiary/aromatic N) is 4. The number of carbonyl (C=O) groups excluding carboxylic acids is 2. The van der Waals surface area contributed by atoms with Crippen LogP contribution in [0.5, 0.6) is 11.6 Å². The number of rotatable bonds is 7. The molecule has 0 unspecified atom stereocenters. The number of nitrogens with one attached hydrogen (secondary N) is 1. The van der Waals surface area contributed by atoms with Crippen LogP contribution in [0.1, 0.15) is 28.8 Å². The normalized spacial score (nSPS) is 18.6. The first-order valence-electron chi connectivity index (χ1n) is 11.7. The highest BCUT2D eigenvalue weighted by molar-refractivity contribution is 6.30. The molecule has 2 atom stereocenters. The molecule has 0 radical (unpaired) electrons. The van der Waals surface area contributed by atoms with Crippen molar-refractivity contribution in [2.45, 2.75) is 31.5 Å². The van der Waals surface area contributed by atoms with Crippen molar-refractivity contribution in [2.24, 2.45) is 0 Å². The van der Waals surface area contributed by atoms with Crippen molar-refractivity contribution < 1.29 is 23.8 Å². The van der Waals surface area contributed by atoms with Gasteiger partial charge in [0.2, 0.25) is 11.8 Å². The van der Waals surface area contributed by atoms with Gasteiger partial charge in [-0.15, -0.1) is 0 Å². The van der Waals surface area contributed by atoms with E-state index in [1.165, 1.54) is 19.5 Å². The van der Waals surface area contributed by atoms with Gasteiger partial charge in [0.1, 0.15) is 29.7 Å². The summed E-state index contributed by atoms with van der Waals surface area (Å²) in [4.78, 5) is 39.5. The molecule has 1 aromatic carbocycles. The number of methoxy groups -OCH3 is 1. The number of carbonyl (C=O) groups is 2. The summed E-state index contributed by atoms with van der Waals surface area (Å²) in [5, 5.41) is 3.50. The summed E-state index contributed by atoms with van der Waals surface area (Å²) in [5.74, 6) is 0.232. The molecule has 2 fully saturated rings. The molecule has 3 aromatic rings. The average Bonchev–Trinajstić information content (AvgIpc) is 3.28. The number of pyridine rings is 1. The third-order valence-corrected chi connectivity index (χ3v) is 6.55. The molecule has 0 aliphatic carbocycles. The maximum Gasteiger partial charge on any atom is 0.410 e. The van der Waals surface area contributed by atoms with E-state index in [2.05, 4.69) is 20.3 Å². The fraction of sp³-hybridized carbons (Fsp3) is 0.320. The van der Waals surface area contributed by atoms with Gasteiger partial charge in [0.25, 0.3) is 5.91 Å². The smallest absolute Gasteiger partial charge is 0.410 e. The van der Waals surface area contributed by atoms with Crippen LogP contribution in [0.4, 0.5) is 10.7 Å². The quantitative estimate of drug-likeness (QED) is 0.476. The van der Waals surface area contributed by atoms with Gasteiger partial charge < -0.3 is 30.2 Å². The lowest BCUT2D eigenvalue weighted by molar-refractivity contribution is 0.0913. The van der Waals surface area contributed by atoms with Crippen LogP contribution in [0.15, 0.2) is 42.7 Å². The number of cyclic esters (lactones) is 1. The number of ether oxygens (including phenoxy) is 3. The van der Waals surface area contributed by atoms with Gasteiger partial charge in [0.15, 0.2) is 0 Å². The van der Waals surface area contributed by atoms with Crippen molar-refractivity contribution in [1.29, 1.82) is 0 Å². The van der Waals surface area contributed by atoms with Crippen LogP contribution in [-0.4, -0.2) is 64.3 Å². The van der Waals surface area contributed by atoms with Crippen LogP contribution >= 0.6 is 11.6 Å². The van der Waals surface area contributed by atoms with Crippen LogP contribution in [-0.2, 0) is 11.3 Å². The second-order valence-corrected chi connectivity index (χ2v) is 9.16. The lowest BCUT2D eigenvalue weighted by atomic mass is 10.0. The molecule has 2 saturated heterocycles. The van der Waals surface area contributed by atoms with Gasteiger partial charge in [-0.2, -0.15) is 0 Å². The van der Waals surface area contributed by atoms with E-state index >= 15 is 0 Å². The Morgan fingerprint density at radius 2 is 2.03 bits per heavy atom. The summed E-state index contributed by atoms with van der Waals surface area (Å²) < 4.78 is 17.0. The lowest BCUT2D eigenvalue weighted by Gasteiger charge is -2.33. The van der Waals surface area contributed by atoms with Gasteiger partial charge in [-0.1, -0.05) is 23.7 Å². The molecule has 37 heavy (non-hydrogen) atoms. The van der Waals surface area contributed by atoms with Crippen LogP contribution in [0.25, 0.3) is 11.3 Å². The third kappa shape index (κ3) is 5.36. The zero-order valence-electron chi connectivity index (χ0n) is 20.0. The Labute approximate surface area is 217 Å². The highest BCUT2D eigenvalue weighted by Gasteiger charge is 2.39. The largest absolute Gasteiger partial charge is 0.488 e. The first-order chi connectivity index (χ1) is 17.9. The third-order valence-electron chi connectivity index (χ3n) is 6.30. The Hall–Kier alpha value is -4.12. The van der Waals surface area contributed by atoms with Gasteiger partial charge in [0, 0.05) is 55.0 Å². The van der Waals surface area contributed by atoms with Crippen molar-refractivity contribution >= 4 is 29.5 Å². The molecule has 2 aliphatic rings. The summed E-state index contributed by atoms with van der Waals surface area (Å²) >= 11 is 5.95. The minimum atomic E-state index is -0.381. The van der Waals surface area contributed by atoms with Gasteiger partial charge in [-0.25, -0.2) is 19.7 Å². The Bertz CT molecular complexity index is 1300. The molecular formula is C25H25ClN6O5. The summed E-state index contributed by atoms with van der Waals surface area (Å²) in [5.41, 5.74) is 7.72. The number of anilines is 1. The number of fused-ring (bicyclic) bond motifs is 1. The van der Waals surface area contributed by atoms with E-state index in [0.717, 1.165) is 5.56 Å². The number of benzene rings is 1. The fourth-order valence-electron chi connectivity index (χ4n) is 4.38. The molecule has 5 rings (SSSR count). The number of hydrogen-bond acceptors (Lipinski definition) is 9. The van der Waals surface area contributed by atoms with E-state index in [4.69, 9.17) is 31.5 Å². The highest BCUT2D eigenvalue weighted by atomic mass is 35.5. The maximum atomic E-state index is 13.2. The van der Waals surface area contributed by atoms with E-state index in [9.17, 15) is 9.59 Å². The second-order valence-electron chi connectivity index (χ2n) is 8.72. The zero-order chi connectivity index (χ0) is 25.9.